The van der Waals surface area contributed by atoms with E-state index in [1.807, 2.05) is 23.0 Å². The van der Waals surface area contributed by atoms with Crippen LogP contribution in [0, 0.1) is 0 Å². The fraction of sp³-hybridized carbons (Fsp3) is 0.400. The molecule has 0 aromatic rings. The summed E-state index contributed by atoms with van der Waals surface area (Å²) in [5.74, 6) is 0.00615. The second-order valence-electron chi connectivity index (χ2n) is 2.88. The molecule has 14 heavy (non-hydrogen) atoms. The fourth-order valence-corrected chi connectivity index (χ4v) is 2.58. The number of esters is 1. The lowest BCUT2D eigenvalue weighted by molar-refractivity contribution is -0.145. The molecule has 1 aliphatic rings. The first-order chi connectivity index (χ1) is 6.72. The molecule has 3 nitrogen and oxygen atoms in total. The Bertz CT molecular complexity index is 269. The molecule has 0 radical (unpaired) electrons. The molecular formula is C10H14O3S. The van der Waals surface area contributed by atoms with E-state index in [9.17, 15) is 9.59 Å². The second kappa shape index (κ2) is 5.65. The Kier molecular flexibility index (Phi) is 4.46. The number of ether oxygens (including phenoxy) is 1. The van der Waals surface area contributed by atoms with E-state index in [1.54, 1.807) is 6.92 Å². The molecule has 0 saturated carbocycles. The Morgan fingerprint density at radius 3 is 2.50 bits per heavy atom. The van der Waals surface area contributed by atoms with Crippen molar-refractivity contribution in [3.05, 3.63) is 23.0 Å². The molecular weight excluding hydrogens is 200 g/mol. The fourth-order valence-electron chi connectivity index (χ4n) is 1.11. The number of Topliss-reactive ketones (excluding diaryl/α,β-unsaturated/α-hetero) is 1. The number of carbonyl (C=O) groups is 2. The van der Waals surface area contributed by atoms with Crippen molar-refractivity contribution in [3.63, 3.8) is 0 Å². The zero-order valence-electron chi connectivity index (χ0n) is 8.10. The van der Waals surface area contributed by atoms with Crippen LogP contribution in [0.3, 0.4) is 0 Å². The lowest BCUT2D eigenvalue weighted by Gasteiger charge is -2.07. The molecule has 0 bridgehead atoms. The molecule has 78 valence electrons. The van der Waals surface area contributed by atoms with Crippen LogP contribution in [0.4, 0.5) is 0 Å². The maximum Gasteiger partial charge on any atom is 0.313 e. The summed E-state index contributed by atoms with van der Waals surface area (Å²) in [5.41, 5.74) is 0. The summed E-state index contributed by atoms with van der Waals surface area (Å²) in [4.78, 5) is 22.3. The molecule has 1 aliphatic heterocycles. The average molecular weight is 214 g/mol. The maximum absolute atomic E-state index is 11.3. The average Bonchev–Trinajstić information content (AvgIpc) is 2.56. The highest BCUT2D eigenvalue weighted by Crippen LogP contribution is 2.32. The van der Waals surface area contributed by atoms with Crippen LogP contribution in [0.25, 0.3) is 0 Å². The molecule has 0 aliphatic carbocycles. The van der Waals surface area contributed by atoms with Crippen molar-refractivity contribution < 1.29 is 14.3 Å². The summed E-state index contributed by atoms with van der Waals surface area (Å²) < 4.78 is 4.69. The molecule has 4 heteroatoms. The summed E-state index contributed by atoms with van der Waals surface area (Å²) in [6, 6.07) is 0. The van der Waals surface area contributed by atoms with Gasteiger partial charge in [-0.2, -0.15) is 0 Å². The van der Waals surface area contributed by atoms with Crippen molar-refractivity contribution in [3.8, 4) is 0 Å². The highest BCUT2D eigenvalue weighted by atomic mass is 32.2. The summed E-state index contributed by atoms with van der Waals surface area (Å²) in [6.45, 7) is 2.07. The smallest absolute Gasteiger partial charge is 0.313 e. The highest BCUT2D eigenvalue weighted by molar-refractivity contribution is 8.22. The van der Waals surface area contributed by atoms with Crippen molar-refractivity contribution in [1.82, 2.24) is 0 Å². The van der Waals surface area contributed by atoms with E-state index in [4.69, 9.17) is 0 Å². The molecule has 0 aromatic heterocycles. The van der Waals surface area contributed by atoms with E-state index < -0.39 is 16.9 Å². The van der Waals surface area contributed by atoms with Crippen molar-refractivity contribution in [2.75, 3.05) is 12.4 Å². The van der Waals surface area contributed by atoms with Gasteiger partial charge in [-0.1, -0.05) is 12.2 Å². The van der Waals surface area contributed by atoms with Gasteiger partial charge in [-0.15, -0.1) is 0 Å². The summed E-state index contributed by atoms with van der Waals surface area (Å²) in [5, 5.41) is 4.02. The minimum atomic E-state index is -0.443. The lowest BCUT2D eigenvalue weighted by atomic mass is 10.3. The van der Waals surface area contributed by atoms with Gasteiger partial charge in [0.15, 0.2) is 5.78 Å². The third kappa shape index (κ3) is 3.79. The van der Waals surface area contributed by atoms with Crippen LogP contribution >= 0.6 is 10.9 Å². The zero-order chi connectivity index (χ0) is 10.4. The number of allylic oxidation sites excluding steroid dienone is 2. The van der Waals surface area contributed by atoms with Crippen molar-refractivity contribution >= 4 is 22.6 Å². The molecule has 1 rings (SSSR count). The van der Waals surface area contributed by atoms with Gasteiger partial charge < -0.3 is 4.74 Å². The molecule has 0 fully saturated rings. The van der Waals surface area contributed by atoms with Gasteiger partial charge in [-0.3, -0.25) is 9.59 Å². The van der Waals surface area contributed by atoms with Gasteiger partial charge in [-0.25, -0.2) is 10.9 Å². The Labute approximate surface area is 86.2 Å². The minimum absolute atomic E-state index is 0.0363. The van der Waals surface area contributed by atoms with Gasteiger partial charge in [0.1, 0.15) is 6.42 Å². The first-order valence-corrected chi connectivity index (χ1v) is 6.17. The van der Waals surface area contributed by atoms with Crippen LogP contribution in [-0.4, -0.2) is 24.1 Å². The Morgan fingerprint density at radius 2 is 1.93 bits per heavy atom. The molecule has 0 aromatic carbocycles. The van der Waals surface area contributed by atoms with Crippen LogP contribution in [-0.2, 0) is 14.3 Å². The van der Waals surface area contributed by atoms with E-state index in [1.165, 1.54) is 0 Å². The number of rotatable bonds is 5. The predicted molar refractivity (Wildman–Crippen MR) is 58.4 cm³/mol. The largest absolute Gasteiger partial charge is 0.466 e. The third-order valence-corrected chi connectivity index (χ3v) is 3.50. The Balaban J connectivity index is 2.25. The van der Waals surface area contributed by atoms with E-state index in [-0.39, 0.29) is 12.2 Å². The molecule has 0 atom stereocenters. The Morgan fingerprint density at radius 1 is 1.29 bits per heavy atom. The molecule has 0 amide bonds. The number of ketones is 1. The van der Waals surface area contributed by atoms with Gasteiger partial charge in [0, 0.05) is 5.75 Å². The van der Waals surface area contributed by atoms with Crippen molar-refractivity contribution in [1.29, 1.82) is 0 Å². The van der Waals surface area contributed by atoms with Gasteiger partial charge in [-0.05, 0) is 17.7 Å². The SMILES string of the molecule is CCOC(=O)CC(=O)C[SH]1C=CC=C1. The monoisotopic (exact) mass is 214 g/mol. The summed E-state index contributed by atoms with van der Waals surface area (Å²) in [6.07, 6.45) is 3.78. The van der Waals surface area contributed by atoms with Crippen LogP contribution in [0.2, 0.25) is 0 Å². The molecule has 0 unspecified atom stereocenters. The Hall–Kier alpha value is -1.03. The number of thiol groups is 1. The zero-order valence-corrected chi connectivity index (χ0v) is 9.00. The van der Waals surface area contributed by atoms with E-state index >= 15 is 0 Å². The first-order valence-electron chi connectivity index (χ1n) is 4.50. The molecule has 0 saturated heterocycles. The van der Waals surface area contributed by atoms with Gasteiger partial charge in [0.05, 0.1) is 6.61 Å². The minimum Gasteiger partial charge on any atom is -0.466 e. The third-order valence-electron chi connectivity index (χ3n) is 1.67. The maximum atomic E-state index is 11.3. The second-order valence-corrected chi connectivity index (χ2v) is 4.82. The van der Waals surface area contributed by atoms with Gasteiger partial charge in [0.2, 0.25) is 0 Å². The lowest BCUT2D eigenvalue weighted by Crippen LogP contribution is -2.13. The number of carbonyl (C=O) groups excluding carboxylic acids is 2. The van der Waals surface area contributed by atoms with Crippen LogP contribution in [0.15, 0.2) is 23.0 Å². The highest BCUT2D eigenvalue weighted by Gasteiger charge is 2.12. The van der Waals surface area contributed by atoms with Gasteiger partial charge in [0.25, 0.3) is 0 Å². The summed E-state index contributed by atoms with van der Waals surface area (Å²) >= 11 is 0. The van der Waals surface area contributed by atoms with E-state index in [0.717, 1.165) is 0 Å². The van der Waals surface area contributed by atoms with Crippen molar-refractivity contribution in [2.45, 2.75) is 13.3 Å². The molecule has 0 N–H and O–H groups in total. The molecule has 0 spiro atoms. The quantitative estimate of drug-likeness (QED) is 0.429. The van der Waals surface area contributed by atoms with Crippen LogP contribution < -0.4 is 0 Å². The van der Waals surface area contributed by atoms with Gasteiger partial charge >= 0.3 is 5.97 Å². The molecule has 1 heterocycles. The standard InChI is InChI=1S/C10H14O3S/c1-2-13-10(12)7-9(11)8-14-5-3-4-6-14/h3-6,14H,2,7-8H2,1H3. The number of hydrogen-bond acceptors (Lipinski definition) is 3. The van der Waals surface area contributed by atoms with Crippen LogP contribution in [0.1, 0.15) is 13.3 Å². The number of hydrogen-bond donors (Lipinski definition) is 1. The van der Waals surface area contributed by atoms with Crippen molar-refractivity contribution in [2.24, 2.45) is 0 Å². The predicted octanol–water partition coefficient (Wildman–Crippen LogP) is 1.55. The first kappa shape index (κ1) is 11.0. The topological polar surface area (TPSA) is 43.4 Å². The van der Waals surface area contributed by atoms with E-state index in [2.05, 4.69) is 4.74 Å². The summed E-state index contributed by atoms with van der Waals surface area (Å²) in [7, 11) is -0.443. The normalized spacial score (nSPS) is 15.9. The van der Waals surface area contributed by atoms with Crippen LogP contribution in [0.5, 0.6) is 0 Å². The van der Waals surface area contributed by atoms with E-state index in [0.29, 0.717) is 12.4 Å².